The molecule has 0 radical (unpaired) electrons. The Bertz CT molecular complexity index is 484. The van der Waals surface area contributed by atoms with Gasteiger partial charge < -0.3 is 0 Å². The Balaban J connectivity index is 2.50. The second-order valence-corrected chi connectivity index (χ2v) is 4.38. The SMILES string of the molecule is ClCc1nncn1-c1ccc(Cl)c(Br)c1. The number of alkyl halides is 1. The Morgan fingerprint density at radius 1 is 1.40 bits per heavy atom. The molecule has 78 valence electrons. The predicted molar refractivity (Wildman–Crippen MR) is 63.6 cm³/mol. The van der Waals surface area contributed by atoms with Gasteiger partial charge in [-0.3, -0.25) is 4.57 Å². The average molecular weight is 307 g/mol. The Morgan fingerprint density at radius 2 is 2.20 bits per heavy atom. The molecule has 0 aliphatic rings. The van der Waals surface area contributed by atoms with E-state index in [0.717, 1.165) is 10.2 Å². The largest absolute Gasteiger partial charge is 0.285 e. The van der Waals surface area contributed by atoms with Crippen molar-refractivity contribution in [1.82, 2.24) is 14.8 Å². The maximum absolute atomic E-state index is 5.90. The van der Waals surface area contributed by atoms with Crippen LogP contribution in [0.4, 0.5) is 0 Å². The highest BCUT2D eigenvalue weighted by molar-refractivity contribution is 9.10. The van der Waals surface area contributed by atoms with Crippen LogP contribution in [0, 0.1) is 0 Å². The standard InChI is InChI=1S/C9H6BrCl2N3/c10-7-3-6(1-2-8(7)12)15-5-13-14-9(15)4-11/h1-3,5H,4H2. The Labute approximate surface area is 105 Å². The zero-order chi connectivity index (χ0) is 10.8. The lowest BCUT2D eigenvalue weighted by Crippen LogP contribution is -1.97. The van der Waals surface area contributed by atoms with Crippen LogP contribution >= 0.6 is 39.1 Å². The lowest BCUT2D eigenvalue weighted by molar-refractivity contribution is 0.950. The molecular formula is C9H6BrCl2N3. The lowest BCUT2D eigenvalue weighted by atomic mass is 10.3. The van der Waals surface area contributed by atoms with Gasteiger partial charge in [0.2, 0.25) is 0 Å². The van der Waals surface area contributed by atoms with Crippen LogP contribution < -0.4 is 0 Å². The van der Waals surface area contributed by atoms with Gasteiger partial charge in [0.25, 0.3) is 0 Å². The zero-order valence-electron chi connectivity index (χ0n) is 7.49. The van der Waals surface area contributed by atoms with Crippen LogP contribution in [-0.4, -0.2) is 14.8 Å². The number of halogens is 3. The van der Waals surface area contributed by atoms with Crippen molar-refractivity contribution in [3.05, 3.63) is 39.8 Å². The van der Waals surface area contributed by atoms with Gasteiger partial charge in [0.05, 0.1) is 10.9 Å². The highest BCUT2D eigenvalue weighted by atomic mass is 79.9. The third-order valence-electron chi connectivity index (χ3n) is 1.92. The van der Waals surface area contributed by atoms with Crippen molar-refractivity contribution in [3.8, 4) is 5.69 Å². The molecule has 0 bridgehead atoms. The summed E-state index contributed by atoms with van der Waals surface area (Å²) in [6, 6.07) is 5.58. The van der Waals surface area contributed by atoms with Gasteiger partial charge in [-0.05, 0) is 34.1 Å². The van der Waals surface area contributed by atoms with Crippen molar-refractivity contribution in [1.29, 1.82) is 0 Å². The quantitative estimate of drug-likeness (QED) is 0.796. The number of hydrogen-bond acceptors (Lipinski definition) is 2. The summed E-state index contributed by atoms with van der Waals surface area (Å²) in [5.41, 5.74) is 0.923. The molecule has 2 rings (SSSR count). The van der Waals surface area contributed by atoms with E-state index < -0.39 is 0 Å². The summed E-state index contributed by atoms with van der Waals surface area (Å²) < 4.78 is 2.64. The minimum absolute atomic E-state index is 0.320. The minimum Gasteiger partial charge on any atom is -0.285 e. The van der Waals surface area contributed by atoms with Gasteiger partial charge in [0.15, 0.2) is 5.82 Å². The molecule has 0 saturated carbocycles. The Hall–Kier alpha value is -0.580. The van der Waals surface area contributed by atoms with E-state index in [0.29, 0.717) is 16.7 Å². The second-order valence-electron chi connectivity index (χ2n) is 2.85. The molecule has 3 nitrogen and oxygen atoms in total. The molecule has 0 fully saturated rings. The van der Waals surface area contributed by atoms with Crippen molar-refractivity contribution < 1.29 is 0 Å². The van der Waals surface area contributed by atoms with E-state index in [4.69, 9.17) is 23.2 Å². The summed E-state index contributed by atoms with van der Waals surface area (Å²) >= 11 is 15.0. The van der Waals surface area contributed by atoms with Gasteiger partial charge in [-0.15, -0.1) is 21.8 Å². The normalized spacial score (nSPS) is 10.6. The topological polar surface area (TPSA) is 30.7 Å². The first kappa shape index (κ1) is 10.9. The zero-order valence-corrected chi connectivity index (χ0v) is 10.6. The van der Waals surface area contributed by atoms with Gasteiger partial charge in [0, 0.05) is 10.2 Å². The molecule has 1 aromatic carbocycles. The maximum atomic E-state index is 5.90. The number of benzene rings is 1. The summed E-state index contributed by atoms with van der Waals surface area (Å²) in [5.74, 6) is 1.02. The van der Waals surface area contributed by atoms with Gasteiger partial charge in [-0.1, -0.05) is 11.6 Å². The van der Waals surface area contributed by atoms with E-state index in [-0.39, 0.29) is 0 Å². The molecule has 1 aromatic heterocycles. The van der Waals surface area contributed by atoms with Gasteiger partial charge in [0.1, 0.15) is 6.33 Å². The molecule has 0 aliphatic carbocycles. The number of rotatable bonds is 2. The Kier molecular flexibility index (Phi) is 3.29. The van der Waals surface area contributed by atoms with E-state index in [1.807, 2.05) is 16.7 Å². The van der Waals surface area contributed by atoms with Crippen molar-refractivity contribution in [2.24, 2.45) is 0 Å². The molecule has 1 heterocycles. The van der Waals surface area contributed by atoms with Crippen molar-refractivity contribution in [2.45, 2.75) is 5.88 Å². The van der Waals surface area contributed by atoms with Crippen LogP contribution in [0.15, 0.2) is 29.0 Å². The highest BCUT2D eigenvalue weighted by Crippen LogP contribution is 2.25. The number of aromatic nitrogens is 3. The van der Waals surface area contributed by atoms with Crippen LogP contribution in [0.1, 0.15) is 5.82 Å². The summed E-state index contributed by atoms with van der Waals surface area (Å²) in [4.78, 5) is 0. The van der Waals surface area contributed by atoms with E-state index >= 15 is 0 Å². The van der Waals surface area contributed by atoms with Crippen LogP contribution in [-0.2, 0) is 5.88 Å². The summed E-state index contributed by atoms with van der Waals surface area (Å²) in [7, 11) is 0. The van der Waals surface area contributed by atoms with E-state index in [2.05, 4.69) is 26.1 Å². The first-order valence-corrected chi connectivity index (χ1v) is 5.83. The molecule has 6 heteroatoms. The van der Waals surface area contributed by atoms with Crippen molar-refractivity contribution in [2.75, 3.05) is 0 Å². The monoisotopic (exact) mass is 305 g/mol. The third-order valence-corrected chi connectivity index (χ3v) is 3.37. The number of hydrogen-bond donors (Lipinski definition) is 0. The lowest BCUT2D eigenvalue weighted by Gasteiger charge is -2.05. The molecular weight excluding hydrogens is 301 g/mol. The van der Waals surface area contributed by atoms with Crippen LogP contribution in [0.2, 0.25) is 5.02 Å². The van der Waals surface area contributed by atoms with Crippen LogP contribution in [0.3, 0.4) is 0 Å². The fourth-order valence-electron chi connectivity index (χ4n) is 1.20. The van der Waals surface area contributed by atoms with E-state index in [1.165, 1.54) is 0 Å². The minimum atomic E-state index is 0.320. The summed E-state index contributed by atoms with van der Waals surface area (Å²) in [6.45, 7) is 0. The molecule has 0 amide bonds. The molecule has 0 spiro atoms. The van der Waals surface area contributed by atoms with Gasteiger partial charge in [-0.25, -0.2) is 0 Å². The molecule has 15 heavy (non-hydrogen) atoms. The highest BCUT2D eigenvalue weighted by Gasteiger charge is 2.06. The van der Waals surface area contributed by atoms with E-state index in [1.54, 1.807) is 12.4 Å². The van der Waals surface area contributed by atoms with Gasteiger partial charge >= 0.3 is 0 Å². The maximum Gasteiger partial charge on any atom is 0.152 e. The summed E-state index contributed by atoms with van der Waals surface area (Å²) in [5, 5.41) is 8.36. The first-order chi connectivity index (χ1) is 7.22. The number of nitrogens with zero attached hydrogens (tertiary/aromatic N) is 3. The first-order valence-electron chi connectivity index (χ1n) is 4.12. The molecule has 0 saturated heterocycles. The fraction of sp³-hybridized carbons (Fsp3) is 0.111. The third kappa shape index (κ3) is 2.17. The molecule has 0 N–H and O–H groups in total. The van der Waals surface area contributed by atoms with E-state index in [9.17, 15) is 0 Å². The molecule has 0 unspecified atom stereocenters. The molecule has 0 aliphatic heterocycles. The predicted octanol–water partition coefficient (Wildman–Crippen LogP) is 3.42. The molecule has 2 aromatic rings. The van der Waals surface area contributed by atoms with Crippen molar-refractivity contribution in [3.63, 3.8) is 0 Å². The Morgan fingerprint density at radius 3 is 2.87 bits per heavy atom. The fourth-order valence-corrected chi connectivity index (χ4v) is 1.87. The van der Waals surface area contributed by atoms with Gasteiger partial charge in [-0.2, -0.15) is 0 Å². The van der Waals surface area contributed by atoms with Crippen molar-refractivity contribution >= 4 is 39.1 Å². The summed E-state index contributed by atoms with van der Waals surface area (Å²) in [6.07, 6.45) is 1.62. The smallest absolute Gasteiger partial charge is 0.152 e. The van der Waals surface area contributed by atoms with Crippen LogP contribution in [0.5, 0.6) is 0 Å². The molecule has 0 atom stereocenters. The second kappa shape index (κ2) is 4.51. The average Bonchev–Trinajstić information content (AvgIpc) is 2.70. The van der Waals surface area contributed by atoms with Crippen LogP contribution in [0.25, 0.3) is 5.69 Å².